The third kappa shape index (κ3) is 4.11. The summed E-state index contributed by atoms with van der Waals surface area (Å²) in [4.78, 5) is 12.3. The summed E-state index contributed by atoms with van der Waals surface area (Å²) >= 11 is 0. The smallest absolute Gasteiger partial charge is 0.231 e. The zero-order chi connectivity index (χ0) is 14.4. The van der Waals surface area contributed by atoms with Crippen LogP contribution in [0.2, 0.25) is 0 Å². The Bertz CT molecular complexity index is 329. The van der Waals surface area contributed by atoms with Crippen molar-refractivity contribution in [2.75, 3.05) is 0 Å². The van der Waals surface area contributed by atoms with Crippen LogP contribution in [-0.4, -0.2) is 23.0 Å². The van der Waals surface area contributed by atoms with Crippen molar-refractivity contribution in [3.8, 4) is 0 Å². The third-order valence-electron chi connectivity index (χ3n) is 4.14. The second-order valence-corrected chi connectivity index (χ2v) is 5.81. The number of carbonyl (C=O) groups excluding carboxylic acids is 1. The molecule has 1 rings (SSSR count). The predicted molar refractivity (Wildman–Crippen MR) is 75.9 cm³/mol. The van der Waals surface area contributed by atoms with Crippen LogP contribution in [0.5, 0.6) is 0 Å². The first-order valence-corrected chi connectivity index (χ1v) is 7.29. The SMILES string of the molecule is CCC1CCCCC1NC(=O)C(C(N)=NO)C(C)C. The summed E-state index contributed by atoms with van der Waals surface area (Å²) < 4.78 is 0. The zero-order valence-electron chi connectivity index (χ0n) is 12.2. The van der Waals surface area contributed by atoms with Gasteiger partial charge >= 0.3 is 0 Å². The molecule has 1 aliphatic rings. The van der Waals surface area contributed by atoms with Crippen molar-refractivity contribution in [3.05, 3.63) is 0 Å². The van der Waals surface area contributed by atoms with Crippen molar-refractivity contribution in [2.45, 2.75) is 58.9 Å². The van der Waals surface area contributed by atoms with E-state index in [0.717, 1.165) is 19.3 Å². The van der Waals surface area contributed by atoms with E-state index in [4.69, 9.17) is 10.9 Å². The minimum atomic E-state index is -0.551. The molecule has 0 aromatic heterocycles. The van der Waals surface area contributed by atoms with E-state index in [-0.39, 0.29) is 23.7 Å². The van der Waals surface area contributed by atoms with Gasteiger partial charge in [0.05, 0.1) is 0 Å². The number of nitrogens with two attached hydrogens (primary N) is 1. The Morgan fingerprint density at radius 3 is 2.58 bits per heavy atom. The maximum Gasteiger partial charge on any atom is 0.231 e. The first-order valence-electron chi connectivity index (χ1n) is 7.29. The highest BCUT2D eigenvalue weighted by Gasteiger charge is 2.31. The molecule has 0 radical (unpaired) electrons. The van der Waals surface area contributed by atoms with Crippen molar-refractivity contribution in [2.24, 2.45) is 28.6 Å². The van der Waals surface area contributed by atoms with Crippen molar-refractivity contribution in [1.29, 1.82) is 0 Å². The summed E-state index contributed by atoms with van der Waals surface area (Å²) in [6.45, 7) is 5.97. The van der Waals surface area contributed by atoms with Gasteiger partial charge in [0, 0.05) is 6.04 Å². The molecule has 0 aromatic carbocycles. The molecule has 0 spiro atoms. The Morgan fingerprint density at radius 2 is 2.05 bits per heavy atom. The number of hydrogen-bond donors (Lipinski definition) is 3. The van der Waals surface area contributed by atoms with Crippen LogP contribution in [0, 0.1) is 17.8 Å². The molecule has 5 heteroatoms. The second-order valence-electron chi connectivity index (χ2n) is 5.81. The van der Waals surface area contributed by atoms with Crippen LogP contribution >= 0.6 is 0 Å². The van der Waals surface area contributed by atoms with E-state index in [1.165, 1.54) is 12.8 Å². The molecule has 110 valence electrons. The number of oxime groups is 1. The largest absolute Gasteiger partial charge is 0.409 e. The monoisotopic (exact) mass is 269 g/mol. The molecule has 0 heterocycles. The zero-order valence-corrected chi connectivity index (χ0v) is 12.2. The van der Waals surface area contributed by atoms with Gasteiger partial charge in [-0.05, 0) is 24.7 Å². The standard InChI is InChI=1S/C14H27N3O2/c1-4-10-7-5-6-8-11(10)16-14(18)12(9(2)3)13(15)17-19/h9-12,19H,4-8H2,1-3H3,(H2,15,17)(H,16,18). The Hall–Kier alpha value is -1.26. The van der Waals surface area contributed by atoms with Gasteiger partial charge < -0.3 is 16.3 Å². The Kier molecular flexibility index (Phi) is 6.12. The van der Waals surface area contributed by atoms with Gasteiger partial charge in [-0.15, -0.1) is 0 Å². The van der Waals surface area contributed by atoms with Gasteiger partial charge in [0.15, 0.2) is 5.84 Å². The summed E-state index contributed by atoms with van der Waals surface area (Å²) in [5.74, 6) is -0.103. The fraction of sp³-hybridized carbons (Fsp3) is 0.857. The van der Waals surface area contributed by atoms with Crippen LogP contribution in [0.15, 0.2) is 5.16 Å². The molecule has 0 aliphatic heterocycles. The average Bonchev–Trinajstić information content (AvgIpc) is 2.38. The first kappa shape index (κ1) is 15.8. The van der Waals surface area contributed by atoms with Gasteiger partial charge in [-0.1, -0.05) is 45.2 Å². The van der Waals surface area contributed by atoms with Gasteiger partial charge in [-0.3, -0.25) is 4.79 Å². The number of carbonyl (C=O) groups is 1. The molecular weight excluding hydrogens is 242 g/mol. The van der Waals surface area contributed by atoms with Crippen LogP contribution in [0.3, 0.4) is 0 Å². The van der Waals surface area contributed by atoms with Crippen molar-refractivity contribution in [1.82, 2.24) is 5.32 Å². The average molecular weight is 269 g/mol. The minimum Gasteiger partial charge on any atom is -0.409 e. The van der Waals surface area contributed by atoms with Crippen LogP contribution in [0.4, 0.5) is 0 Å². The van der Waals surface area contributed by atoms with Crippen molar-refractivity contribution in [3.63, 3.8) is 0 Å². The molecule has 3 unspecified atom stereocenters. The van der Waals surface area contributed by atoms with Crippen LogP contribution in [-0.2, 0) is 4.79 Å². The minimum absolute atomic E-state index is 0.00337. The topological polar surface area (TPSA) is 87.7 Å². The van der Waals surface area contributed by atoms with Crippen LogP contribution in [0.1, 0.15) is 52.9 Å². The molecule has 3 atom stereocenters. The van der Waals surface area contributed by atoms with Crippen molar-refractivity contribution < 1.29 is 10.0 Å². The highest BCUT2D eigenvalue weighted by molar-refractivity contribution is 6.02. The molecule has 1 saturated carbocycles. The normalized spacial score (nSPS) is 26.2. The maximum absolute atomic E-state index is 12.3. The molecule has 0 aromatic rings. The summed E-state index contributed by atoms with van der Waals surface area (Å²) in [7, 11) is 0. The predicted octanol–water partition coefficient (Wildman–Crippen LogP) is 2.09. The van der Waals surface area contributed by atoms with Gasteiger partial charge in [0.2, 0.25) is 5.91 Å². The lowest BCUT2D eigenvalue weighted by molar-refractivity contribution is -0.125. The second kappa shape index (κ2) is 7.36. The number of nitrogens with zero attached hydrogens (tertiary/aromatic N) is 1. The van der Waals surface area contributed by atoms with Gasteiger partial charge in [-0.25, -0.2) is 0 Å². The lowest BCUT2D eigenvalue weighted by atomic mass is 9.82. The summed E-state index contributed by atoms with van der Waals surface area (Å²) in [5, 5.41) is 14.9. The lowest BCUT2D eigenvalue weighted by Crippen LogP contribution is -2.48. The number of rotatable bonds is 5. The quantitative estimate of drug-likeness (QED) is 0.309. The van der Waals surface area contributed by atoms with E-state index in [2.05, 4.69) is 17.4 Å². The number of hydrogen-bond acceptors (Lipinski definition) is 3. The highest BCUT2D eigenvalue weighted by Crippen LogP contribution is 2.27. The summed E-state index contributed by atoms with van der Waals surface area (Å²) in [6.07, 6.45) is 5.71. The van der Waals surface area contributed by atoms with E-state index >= 15 is 0 Å². The van der Waals surface area contributed by atoms with E-state index in [0.29, 0.717) is 5.92 Å². The summed E-state index contributed by atoms with van der Waals surface area (Å²) in [6, 6.07) is 0.235. The molecular formula is C14H27N3O2. The fourth-order valence-electron chi connectivity index (χ4n) is 3.00. The number of nitrogens with one attached hydrogen (secondary N) is 1. The van der Waals surface area contributed by atoms with E-state index < -0.39 is 5.92 Å². The fourth-order valence-corrected chi connectivity index (χ4v) is 3.00. The Morgan fingerprint density at radius 1 is 1.42 bits per heavy atom. The number of amides is 1. The van der Waals surface area contributed by atoms with Crippen LogP contribution in [0.25, 0.3) is 0 Å². The van der Waals surface area contributed by atoms with Gasteiger partial charge in [-0.2, -0.15) is 0 Å². The van der Waals surface area contributed by atoms with Gasteiger partial charge in [0.1, 0.15) is 5.92 Å². The molecule has 1 amide bonds. The van der Waals surface area contributed by atoms with Gasteiger partial charge in [0.25, 0.3) is 0 Å². The summed E-state index contributed by atoms with van der Waals surface area (Å²) in [5.41, 5.74) is 5.63. The van der Waals surface area contributed by atoms with Crippen LogP contribution < -0.4 is 11.1 Å². The first-order chi connectivity index (χ1) is 9.01. The lowest BCUT2D eigenvalue weighted by Gasteiger charge is -2.33. The maximum atomic E-state index is 12.3. The van der Waals surface area contributed by atoms with E-state index in [1.54, 1.807) is 0 Å². The highest BCUT2D eigenvalue weighted by atomic mass is 16.4. The van der Waals surface area contributed by atoms with Crippen molar-refractivity contribution >= 4 is 11.7 Å². The molecule has 0 bridgehead atoms. The molecule has 1 fully saturated rings. The molecule has 5 nitrogen and oxygen atoms in total. The third-order valence-corrected chi connectivity index (χ3v) is 4.14. The Labute approximate surface area is 115 Å². The Balaban J connectivity index is 2.70. The molecule has 19 heavy (non-hydrogen) atoms. The van der Waals surface area contributed by atoms with E-state index in [1.807, 2.05) is 13.8 Å². The molecule has 0 saturated heterocycles. The molecule has 1 aliphatic carbocycles. The van der Waals surface area contributed by atoms with E-state index in [9.17, 15) is 4.79 Å². The molecule has 4 N–H and O–H groups in total. The number of amidine groups is 1.